The smallest absolute Gasteiger partial charge is 0.269 e. The van der Waals surface area contributed by atoms with Gasteiger partial charge >= 0.3 is 0 Å². The maximum absolute atomic E-state index is 11.3. The quantitative estimate of drug-likeness (QED) is 0.0559. The van der Waals surface area contributed by atoms with Gasteiger partial charge in [0.25, 0.3) is 11.4 Å². The molecule has 0 N–H and O–H groups in total. The van der Waals surface area contributed by atoms with Crippen LogP contribution in [0, 0.1) is 67.6 Å². The minimum Gasteiger partial charge on any atom is -0.372 e. The van der Waals surface area contributed by atoms with E-state index in [2.05, 4.69) is 133 Å². The van der Waals surface area contributed by atoms with Gasteiger partial charge in [-0.1, -0.05) is 101 Å². The van der Waals surface area contributed by atoms with Gasteiger partial charge < -0.3 is 9.80 Å². The summed E-state index contributed by atoms with van der Waals surface area (Å²) >= 11 is 0. The second kappa shape index (κ2) is 24.1. The standard InChI is InChI=1S/C54H54N4O4/c1-5-9-37-55(38-10-6-2)51-29-17-43(18-30-51)13-25-47-41-49(27-15-45-21-33-53(34-22-45)57(59)60)50(28-16-46-23-35-54(36-24-46)58(61)62)42-48(47)26-14-44-19-31-52(32-20-44)56(39-11-7-3)40-12-8-4/h17-24,29-36,41-42H,5-12,37-40H2,1-4H3. The summed E-state index contributed by atoms with van der Waals surface area (Å²) in [5.41, 5.74) is 7.79. The van der Waals surface area contributed by atoms with E-state index in [4.69, 9.17) is 0 Å². The molecule has 8 nitrogen and oxygen atoms in total. The van der Waals surface area contributed by atoms with Crippen LogP contribution < -0.4 is 9.80 Å². The molecule has 62 heavy (non-hydrogen) atoms. The fraction of sp³-hybridized carbons (Fsp3) is 0.296. The Morgan fingerprint density at radius 3 is 0.855 bits per heavy atom. The van der Waals surface area contributed by atoms with Crippen LogP contribution >= 0.6 is 0 Å². The Hall–Kier alpha value is -7.26. The molecule has 0 radical (unpaired) electrons. The largest absolute Gasteiger partial charge is 0.372 e. The Bertz CT molecular complexity index is 2340. The number of benzene rings is 5. The number of nitrogens with zero attached hydrogens (tertiary/aromatic N) is 4. The predicted molar refractivity (Wildman–Crippen MR) is 253 cm³/mol. The van der Waals surface area contributed by atoms with Gasteiger partial charge in [-0.2, -0.15) is 0 Å². The third-order valence-corrected chi connectivity index (χ3v) is 10.3. The van der Waals surface area contributed by atoms with Gasteiger partial charge in [0.1, 0.15) is 0 Å². The lowest BCUT2D eigenvalue weighted by Gasteiger charge is -2.24. The first kappa shape index (κ1) is 45.8. The zero-order valence-electron chi connectivity index (χ0n) is 36.3. The lowest BCUT2D eigenvalue weighted by molar-refractivity contribution is -0.385. The highest BCUT2D eigenvalue weighted by molar-refractivity contribution is 5.65. The third kappa shape index (κ3) is 13.9. The zero-order chi connectivity index (χ0) is 44.1. The lowest BCUT2D eigenvalue weighted by Crippen LogP contribution is -2.25. The van der Waals surface area contributed by atoms with Gasteiger partial charge in [0, 0.05) is 106 Å². The summed E-state index contributed by atoms with van der Waals surface area (Å²) in [5.74, 6) is 26.3. The summed E-state index contributed by atoms with van der Waals surface area (Å²) < 4.78 is 0. The van der Waals surface area contributed by atoms with Crippen molar-refractivity contribution < 1.29 is 9.85 Å². The second-order valence-corrected chi connectivity index (χ2v) is 15.0. The molecule has 8 heteroatoms. The summed E-state index contributed by atoms with van der Waals surface area (Å²) in [6.07, 6.45) is 9.11. The van der Waals surface area contributed by atoms with Crippen LogP contribution in [0.2, 0.25) is 0 Å². The molecular weight excluding hydrogens is 769 g/mol. The first-order valence-electron chi connectivity index (χ1n) is 21.7. The van der Waals surface area contributed by atoms with Crippen molar-refractivity contribution in [3.63, 3.8) is 0 Å². The molecular formula is C54H54N4O4. The summed E-state index contributed by atoms with van der Waals surface area (Å²) in [6.45, 7) is 12.9. The van der Waals surface area contributed by atoms with Gasteiger partial charge in [-0.15, -0.1) is 0 Å². The first-order chi connectivity index (χ1) is 30.2. The summed E-state index contributed by atoms with van der Waals surface area (Å²) in [7, 11) is 0. The van der Waals surface area contributed by atoms with Gasteiger partial charge in [0.2, 0.25) is 0 Å². The molecule has 0 aliphatic heterocycles. The number of rotatable bonds is 16. The van der Waals surface area contributed by atoms with Crippen LogP contribution in [0.1, 0.15) is 124 Å². The van der Waals surface area contributed by atoms with Crippen LogP contribution in [0.4, 0.5) is 22.7 Å². The normalized spacial score (nSPS) is 10.1. The predicted octanol–water partition coefficient (Wildman–Crippen LogP) is 11.9. The average molecular weight is 823 g/mol. The molecule has 0 aliphatic rings. The molecule has 0 amide bonds. The Morgan fingerprint density at radius 1 is 0.387 bits per heavy atom. The van der Waals surface area contributed by atoms with Crippen LogP contribution in [-0.2, 0) is 0 Å². The summed E-state index contributed by atoms with van der Waals surface area (Å²) in [5, 5.41) is 22.6. The summed E-state index contributed by atoms with van der Waals surface area (Å²) in [6, 6.07) is 32.7. The minimum absolute atomic E-state index is 0.0201. The molecule has 0 saturated heterocycles. The maximum atomic E-state index is 11.3. The van der Waals surface area contributed by atoms with Crippen molar-refractivity contribution in [2.24, 2.45) is 0 Å². The lowest BCUT2D eigenvalue weighted by atomic mass is 9.97. The van der Waals surface area contributed by atoms with Crippen LogP contribution in [0.25, 0.3) is 0 Å². The Labute approximate surface area is 367 Å². The van der Waals surface area contributed by atoms with E-state index < -0.39 is 9.85 Å². The van der Waals surface area contributed by atoms with E-state index in [-0.39, 0.29) is 11.4 Å². The highest BCUT2D eigenvalue weighted by Gasteiger charge is 2.10. The van der Waals surface area contributed by atoms with E-state index in [1.165, 1.54) is 35.6 Å². The van der Waals surface area contributed by atoms with Crippen LogP contribution in [0.3, 0.4) is 0 Å². The fourth-order valence-electron chi connectivity index (χ4n) is 6.55. The van der Waals surface area contributed by atoms with Crippen LogP contribution in [0.15, 0.2) is 109 Å². The average Bonchev–Trinajstić information content (AvgIpc) is 3.30. The Balaban J connectivity index is 1.61. The number of nitro benzene ring substituents is 2. The molecule has 5 aromatic carbocycles. The maximum Gasteiger partial charge on any atom is 0.269 e. The molecule has 0 unspecified atom stereocenters. The molecule has 0 spiro atoms. The topological polar surface area (TPSA) is 92.8 Å². The van der Waals surface area contributed by atoms with E-state index in [9.17, 15) is 20.2 Å². The number of nitro groups is 2. The SMILES string of the molecule is CCCCN(CCCC)c1ccc(C#Cc2cc(C#Cc3ccc([N+](=O)[O-])cc3)c(C#Cc3ccc([N+](=O)[O-])cc3)cc2C#Cc2ccc(N(CCCC)CCCC)cc2)cc1. The number of anilines is 2. The van der Waals surface area contributed by atoms with Crippen molar-refractivity contribution >= 4 is 22.7 Å². The van der Waals surface area contributed by atoms with Crippen LogP contribution in [0.5, 0.6) is 0 Å². The zero-order valence-corrected chi connectivity index (χ0v) is 36.3. The van der Waals surface area contributed by atoms with Crippen molar-refractivity contribution in [3.05, 3.63) is 174 Å². The van der Waals surface area contributed by atoms with E-state index in [0.717, 1.165) is 88.7 Å². The second-order valence-electron chi connectivity index (χ2n) is 15.0. The molecule has 0 fully saturated rings. The van der Waals surface area contributed by atoms with Gasteiger partial charge in [-0.05, 0) is 111 Å². The molecule has 0 aromatic heterocycles. The molecule has 0 atom stereocenters. The third-order valence-electron chi connectivity index (χ3n) is 10.3. The van der Waals surface area contributed by atoms with E-state index in [0.29, 0.717) is 33.4 Å². The van der Waals surface area contributed by atoms with Crippen LogP contribution in [-0.4, -0.2) is 36.0 Å². The number of unbranched alkanes of at least 4 members (excludes halogenated alkanes) is 4. The van der Waals surface area contributed by atoms with Gasteiger partial charge in [0.15, 0.2) is 0 Å². The molecule has 5 aromatic rings. The number of hydrogen-bond donors (Lipinski definition) is 0. The van der Waals surface area contributed by atoms with Gasteiger partial charge in [0.05, 0.1) is 9.85 Å². The molecule has 0 heterocycles. The molecule has 5 rings (SSSR count). The van der Waals surface area contributed by atoms with Crippen molar-refractivity contribution in [1.29, 1.82) is 0 Å². The van der Waals surface area contributed by atoms with E-state index >= 15 is 0 Å². The van der Waals surface area contributed by atoms with Crippen molar-refractivity contribution in [2.75, 3.05) is 36.0 Å². The van der Waals surface area contributed by atoms with Gasteiger partial charge in [-0.25, -0.2) is 0 Å². The molecule has 0 bridgehead atoms. The fourth-order valence-corrected chi connectivity index (χ4v) is 6.55. The van der Waals surface area contributed by atoms with E-state index in [1.54, 1.807) is 24.3 Å². The molecule has 0 aliphatic carbocycles. The Morgan fingerprint density at radius 2 is 0.629 bits per heavy atom. The van der Waals surface area contributed by atoms with E-state index in [1.807, 2.05) is 12.1 Å². The van der Waals surface area contributed by atoms with Crippen molar-refractivity contribution in [3.8, 4) is 47.4 Å². The Kier molecular flexibility index (Phi) is 17.8. The van der Waals surface area contributed by atoms with Crippen molar-refractivity contribution in [2.45, 2.75) is 79.1 Å². The molecule has 314 valence electrons. The highest BCUT2D eigenvalue weighted by Crippen LogP contribution is 2.21. The van der Waals surface area contributed by atoms with Crippen molar-refractivity contribution in [1.82, 2.24) is 0 Å². The highest BCUT2D eigenvalue weighted by atomic mass is 16.6. The monoisotopic (exact) mass is 822 g/mol. The number of non-ortho nitro benzene ring substituents is 2. The molecule has 0 saturated carbocycles. The minimum atomic E-state index is -0.444. The summed E-state index contributed by atoms with van der Waals surface area (Å²) in [4.78, 5) is 26.6. The van der Waals surface area contributed by atoms with Gasteiger partial charge in [-0.3, -0.25) is 20.2 Å². The number of hydrogen-bond acceptors (Lipinski definition) is 6. The first-order valence-corrected chi connectivity index (χ1v) is 21.7.